The Kier molecular flexibility index (Phi) is 6.35. The lowest BCUT2D eigenvalue weighted by Crippen LogP contribution is -2.34. The van der Waals surface area contributed by atoms with E-state index in [1.807, 2.05) is 24.3 Å². The van der Waals surface area contributed by atoms with E-state index in [4.69, 9.17) is 5.11 Å². The fourth-order valence-electron chi connectivity index (χ4n) is 2.58. The smallest absolute Gasteiger partial charge is 0.277 e. The number of carbonyl (C=O) groups is 2. The van der Waals surface area contributed by atoms with Crippen LogP contribution in [-0.2, 0) is 16.0 Å². The number of amides is 2. The molecule has 0 atom stereocenters. The molecule has 2 amide bonds. The maximum Gasteiger partial charge on any atom is 0.277 e. The Labute approximate surface area is 137 Å². The first-order valence-electron chi connectivity index (χ1n) is 8.20. The Bertz CT molecular complexity index is 578. The number of β-amino-alcohol motifs (C(OH)–C–C–N with tert-alkyl or cyclic N) is 1. The summed E-state index contributed by atoms with van der Waals surface area (Å²) in [6, 6.07) is 7.92. The third-order valence-corrected chi connectivity index (χ3v) is 3.88. The molecule has 0 spiro atoms. The van der Waals surface area contributed by atoms with Crippen LogP contribution in [0.25, 0.3) is 0 Å². The van der Waals surface area contributed by atoms with Gasteiger partial charge in [-0.05, 0) is 30.5 Å². The first kappa shape index (κ1) is 17.2. The van der Waals surface area contributed by atoms with Crippen LogP contribution in [0.4, 0.5) is 5.69 Å². The van der Waals surface area contributed by atoms with Crippen molar-refractivity contribution in [2.45, 2.75) is 39.0 Å². The quantitative estimate of drug-likeness (QED) is 0.542. The van der Waals surface area contributed by atoms with Crippen LogP contribution in [0.1, 0.15) is 38.2 Å². The molecule has 0 saturated carbocycles. The van der Waals surface area contributed by atoms with Gasteiger partial charge < -0.3 is 10.4 Å². The lowest BCUT2D eigenvalue weighted by molar-refractivity contribution is -0.137. The molecule has 0 bridgehead atoms. The minimum atomic E-state index is -0.396. The van der Waals surface area contributed by atoms with Gasteiger partial charge >= 0.3 is 0 Å². The van der Waals surface area contributed by atoms with Crippen molar-refractivity contribution in [1.82, 2.24) is 4.90 Å². The van der Waals surface area contributed by atoms with Crippen molar-refractivity contribution in [3.05, 3.63) is 41.6 Å². The second kappa shape index (κ2) is 8.48. The van der Waals surface area contributed by atoms with Gasteiger partial charge in [0.15, 0.2) is 0 Å². The van der Waals surface area contributed by atoms with Gasteiger partial charge in [0.05, 0.1) is 13.2 Å². The number of aliphatic hydroxyl groups is 1. The van der Waals surface area contributed by atoms with E-state index in [1.165, 1.54) is 37.3 Å². The van der Waals surface area contributed by atoms with Crippen molar-refractivity contribution < 1.29 is 14.7 Å². The summed E-state index contributed by atoms with van der Waals surface area (Å²) in [6.45, 7) is 1.99. The number of aryl methyl sites for hydroxylation is 1. The molecule has 5 heteroatoms. The normalized spacial score (nSPS) is 14.3. The summed E-state index contributed by atoms with van der Waals surface area (Å²) in [4.78, 5) is 24.8. The fourth-order valence-corrected chi connectivity index (χ4v) is 2.58. The van der Waals surface area contributed by atoms with E-state index in [1.54, 1.807) is 0 Å². The number of unbranched alkanes of at least 4 members (excludes halogenated alkanes) is 3. The van der Waals surface area contributed by atoms with Crippen LogP contribution in [0.15, 0.2) is 36.0 Å². The van der Waals surface area contributed by atoms with Crippen LogP contribution in [0, 0.1) is 0 Å². The molecular weight excluding hydrogens is 292 g/mol. The average Bonchev–Trinajstić information content (AvgIpc) is 2.81. The predicted molar refractivity (Wildman–Crippen MR) is 89.8 cm³/mol. The zero-order chi connectivity index (χ0) is 16.7. The van der Waals surface area contributed by atoms with Gasteiger partial charge in [0.1, 0.15) is 5.70 Å². The van der Waals surface area contributed by atoms with Crippen LogP contribution >= 0.6 is 0 Å². The zero-order valence-corrected chi connectivity index (χ0v) is 13.5. The highest BCUT2D eigenvalue weighted by atomic mass is 16.3. The number of imide groups is 1. The number of hydrogen-bond donors (Lipinski definition) is 2. The third kappa shape index (κ3) is 4.66. The number of rotatable bonds is 9. The number of carbonyl (C=O) groups excluding carboxylic acids is 2. The third-order valence-electron chi connectivity index (χ3n) is 3.88. The molecule has 0 fully saturated rings. The second-order valence-corrected chi connectivity index (χ2v) is 5.71. The standard InChI is InChI=1S/C18H24N2O3/c1-2-3-4-5-6-14-7-9-15(10-8-14)19-16-13-17(22)20(11-12-21)18(16)23/h7-10,13,19,21H,2-6,11-12H2,1H3. The predicted octanol–water partition coefficient (Wildman–Crippen LogP) is 2.47. The molecule has 0 saturated heterocycles. The van der Waals surface area contributed by atoms with Crippen molar-refractivity contribution in [3.8, 4) is 0 Å². The molecule has 0 aromatic heterocycles. The summed E-state index contributed by atoms with van der Waals surface area (Å²) in [7, 11) is 0. The average molecular weight is 316 g/mol. The molecular formula is C18H24N2O3. The number of aliphatic hydroxyl groups excluding tert-OH is 1. The van der Waals surface area contributed by atoms with Crippen LogP contribution in [0.5, 0.6) is 0 Å². The Morgan fingerprint density at radius 1 is 1.09 bits per heavy atom. The molecule has 1 aromatic carbocycles. The molecule has 2 rings (SSSR count). The topological polar surface area (TPSA) is 69.6 Å². The second-order valence-electron chi connectivity index (χ2n) is 5.71. The summed E-state index contributed by atoms with van der Waals surface area (Å²) in [6.07, 6.45) is 7.28. The van der Waals surface area contributed by atoms with Crippen molar-refractivity contribution in [2.75, 3.05) is 18.5 Å². The van der Waals surface area contributed by atoms with Gasteiger partial charge in [0.2, 0.25) is 0 Å². The fraction of sp³-hybridized carbons (Fsp3) is 0.444. The van der Waals surface area contributed by atoms with Crippen LogP contribution in [0.3, 0.4) is 0 Å². The maximum absolute atomic E-state index is 12.0. The highest BCUT2D eigenvalue weighted by Gasteiger charge is 2.30. The molecule has 1 aromatic rings. The van der Waals surface area contributed by atoms with Crippen molar-refractivity contribution in [1.29, 1.82) is 0 Å². The largest absolute Gasteiger partial charge is 0.395 e. The number of anilines is 1. The minimum Gasteiger partial charge on any atom is -0.395 e. The van der Waals surface area contributed by atoms with Gasteiger partial charge in [-0.25, -0.2) is 0 Å². The van der Waals surface area contributed by atoms with Crippen LogP contribution < -0.4 is 5.32 Å². The number of benzene rings is 1. The molecule has 1 heterocycles. The van der Waals surface area contributed by atoms with Gasteiger partial charge in [0.25, 0.3) is 11.8 Å². The Morgan fingerprint density at radius 3 is 2.48 bits per heavy atom. The highest BCUT2D eigenvalue weighted by Crippen LogP contribution is 2.18. The monoisotopic (exact) mass is 316 g/mol. The van der Waals surface area contributed by atoms with E-state index in [0.717, 1.165) is 17.0 Å². The Morgan fingerprint density at radius 2 is 1.83 bits per heavy atom. The summed E-state index contributed by atoms with van der Waals surface area (Å²) >= 11 is 0. The van der Waals surface area contributed by atoms with Crippen LogP contribution in [-0.4, -0.2) is 35.0 Å². The number of nitrogens with one attached hydrogen (secondary N) is 1. The van der Waals surface area contributed by atoms with E-state index in [2.05, 4.69) is 12.2 Å². The van der Waals surface area contributed by atoms with Crippen molar-refractivity contribution in [3.63, 3.8) is 0 Å². The van der Waals surface area contributed by atoms with Crippen LogP contribution in [0.2, 0.25) is 0 Å². The lowest BCUT2D eigenvalue weighted by Gasteiger charge is -2.13. The molecule has 5 nitrogen and oxygen atoms in total. The number of hydrogen-bond acceptors (Lipinski definition) is 4. The van der Waals surface area contributed by atoms with Crippen molar-refractivity contribution >= 4 is 17.5 Å². The van der Waals surface area contributed by atoms with E-state index in [0.29, 0.717) is 0 Å². The summed E-state index contributed by atoms with van der Waals surface area (Å²) in [5.74, 6) is -0.785. The van der Waals surface area contributed by atoms with Crippen molar-refractivity contribution in [2.24, 2.45) is 0 Å². The highest BCUT2D eigenvalue weighted by molar-refractivity contribution is 6.17. The number of nitrogens with zero attached hydrogens (tertiary/aromatic N) is 1. The van der Waals surface area contributed by atoms with Gasteiger partial charge in [0, 0.05) is 11.8 Å². The molecule has 124 valence electrons. The van der Waals surface area contributed by atoms with E-state index in [-0.39, 0.29) is 24.8 Å². The molecule has 0 radical (unpaired) electrons. The molecule has 2 N–H and O–H groups in total. The van der Waals surface area contributed by atoms with Gasteiger partial charge in [-0.1, -0.05) is 38.3 Å². The SMILES string of the molecule is CCCCCCc1ccc(NC2=CC(=O)N(CCO)C2=O)cc1. The molecule has 23 heavy (non-hydrogen) atoms. The summed E-state index contributed by atoms with van der Waals surface area (Å²) in [5, 5.41) is 11.9. The molecule has 0 unspecified atom stereocenters. The zero-order valence-electron chi connectivity index (χ0n) is 13.5. The lowest BCUT2D eigenvalue weighted by atomic mass is 10.1. The Balaban J connectivity index is 1.90. The molecule has 0 aliphatic carbocycles. The minimum absolute atomic E-state index is 0.0239. The van der Waals surface area contributed by atoms with E-state index >= 15 is 0 Å². The first-order valence-corrected chi connectivity index (χ1v) is 8.20. The maximum atomic E-state index is 12.0. The summed E-state index contributed by atoms with van der Waals surface area (Å²) in [5.41, 5.74) is 2.30. The molecule has 1 aliphatic rings. The van der Waals surface area contributed by atoms with Gasteiger partial charge in [-0.3, -0.25) is 14.5 Å². The Hall–Kier alpha value is -2.14. The van der Waals surface area contributed by atoms with E-state index in [9.17, 15) is 9.59 Å². The molecule has 1 aliphatic heterocycles. The first-order chi connectivity index (χ1) is 11.2. The van der Waals surface area contributed by atoms with E-state index < -0.39 is 5.91 Å². The van der Waals surface area contributed by atoms with Gasteiger partial charge in [-0.15, -0.1) is 0 Å². The summed E-state index contributed by atoms with van der Waals surface area (Å²) < 4.78 is 0. The van der Waals surface area contributed by atoms with Gasteiger partial charge in [-0.2, -0.15) is 0 Å².